The van der Waals surface area contributed by atoms with E-state index in [1.165, 1.54) is 14.0 Å². The summed E-state index contributed by atoms with van der Waals surface area (Å²) in [7, 11) is 1.17. The monoisotopic (exact) mass is 367 g/mol. The third-order valence-corrected chi connectivity index (χ3v) is 4.10. The van der Waals surface area contributed by atoms with E-state index in [1.807, 2.05) is 0 Å². The zero-order valence-corrected chi connectivity index (χ0v) is 15.1. The molecule has 0 radical (unpaired) electrons. The summed E-state index contributed by atoms with van der Waals surface area (Å²) in [4.78, 5) is 38.6. The molecule has 2 rings (SSSR count). The molecule has 0 fully saturated rings. The summed E-state index contributed by atoms with van der Waals surface area (Å²) < 4.78 is 48.6. The number of amides is 3. The molecule has 3 amide bonds. The van der Waals surface area contributed by atoms with Crippen LogP contribution in [0.3, 0.4) is 0 Å². The van der Waals surface area contributed by atoms with E-state index in [2.05, 4.69) is 10.6 Å². The molecule has 0 saturated carbocycles. The number of hydrogen-bond donors (Lipinski definition) is 3. The lowest BCUT2D eigenvalue weighted by Gasteiger charge is -2.24. The normalized spacial score (nSPS) is 24.6. The summed E-state index contributed by atoms with van der Waals surface area (Å²) in [5, 5.41) is 14.5. The largest absolute Gasteiger partial charge is 0.383 e. The van der Waals surface area contributed by atoms with E-state index in [4.69, 9.17) is 8.22 Å². The molecule has 3 N–H and O–H groups in total. The van der Waals surface area contributed by atoms with Crippen molar-refractivity contribution in [2.45, 2.75) is 45.4 Å². The molecule has 0 saturated heterocycles. The standard InChI is InChI=1S/C19H27N3O4/c1-11(2)16(23)18(25)20-12(3)17(24)21-15-14-8-6-5-7-13(14)9-10-22(4)19(15)26/h5-8,11-12,15-16,23H,9-10H2,1-4H3,(H,20,25)(H,21,24)/t12-,15-,16-/m0/s1/i5D,6D,7D,8D,10D2. The van der Waals surface area contributed by atoms with Crippen LogP contribution < -0.4 is 10.6 Å². The summed E-state index contributed by atoms with van der Waals surface area (Å²) in [6, 6.07) is -5.03. The second-order valence-electron chi connectivity index (χ2n) is 6.49. The molecule has 1 heterocycles. The molecule has 0 aromatic heterocycles. The van der Waals surface area contributed by atoms with Crippen LogP contribution in [0.25, 0.3) is 0 Å². The zero-order chi connectivity index (χ0) is 24.7. The van der Waals surface area contributed by atoms with E-state index in [-0.39, 0.29) is 11.1 Å². The maximum atomic E-state index is 13.1. The number of carbonyl (C=O) groups is 3. The summed E-state index contributed by atoms with van der Waals surface area (Å²) in [6.07, 6.45) is -1.85. The minimum Gasteiger partial charge on any atom is -0.383 e. The number of nitrogens with one attached hydrogen (secondary N) is 2. The summed E-state index contributed by atoms with van der Waals surface area (Å²) in [5.74, 6) is -2.94. The molecule has 0 unspecified atom stereocenters. The third-order valence-electron chi connectivity index (χ3n) is 4.10. The number of hydrogen-bond acceptors (Lipinski definition) is 4. The molecule has 0 spiro atoms. The molecular formula is C19H27N3O4. The Morgan fingerprint density at radius 3 is 2.62 bits per heavy atom. The number of likely N-dealkylation sites (N-methyl/N-ethyl adjacent to an activating group) is 1. The van der Waals surface area contributed by atoms with Crippen LogP contribution in [0.15, 0.2) is 24.2 Å². The van der Waals surface area contributed by atoms with Gasteiger partial charge in [0.15, 0.2) is 0 Å². The first-order valence-corrected chi connectivity index (χ1v) is 8.27. The lowest BCUT2D eigenvalue weighted by atomic mass is 9.99. The van der Waals surface area contributed by atoms with Crippen molar-refractivity contribution in [2.75, 3.05) is 13.5 Å². The van der Waals surface area contributed by atoms with E-state index < -0.39 is 78.9 Å². The van der Waals surface area contributed by atoms with Crippen molar-refractivity contribution >= 4 is 17.7 Å². The highest BCUT2D eigenvalue weighted by molar-refractivity contribution is 5.93. The highest BCUT2D eigenvalue weighted by atomic mass is 16.3. The molecule has 7 heteroatoms. The zero-order valence-electron chi connectivity index (χ0n) is 21.1. The van der Waals surface area contributed by atoms with Gasteiger partial charge in [-0.15, -0.1) is 0 Å². The van der Waals surface area contributed by atoms with Gasteiger partial charge < -0.3 is 20.6 Å². The molecule has 1 aromatic carbocycles. The van der Waals surface area contributed by atoms with Gasteiger partial charge in [0.25, 0.3) is 0 Å². The summed E-state index contributed by atoms with van der Waals surface area (Å²) >= 11 is 0. The lowest BCUT2D eigenvalue weighted by molar-refractivity contribution is -0.137. The first-order chi connectivity index (χ1) is 14.6. The molecule has 3 atom stereocenters. The Bertz CT molecular complexity index is 956. The maximum Gasteiger partial charge on any atom is 0.249 e. The van der Waals surface area contributed by atoms with Gasteiger partial charge in [-0.2, -0.15) is 0 Å². The smallest absolute Gasteiger partial charge is 0.249 e. The van der Waals surface area contributed by atoms with Crippen molar-refractivity contribution < 1.29 is 27.7 Å². The van der Waals surface area contributed by atoms with Crippen LogP contribution in [0.5, 0.6) is 0 Å². The summed E-state index contributed by atoms with van der Waals surface area (Å²) in [5.41, 5.74) is -0.334. The van der Waals surface area contributed by atoms with Crippen molar-refractivity contribution in [3.63, 3.8) is 0 Å². The van der Waals surface area contributed by atoms with E-state index >= 15 is 0 Å². The van der Waals surface area contributed by atoms with Gasteiger partial charge >= 0.3 is 0 Å². The Labute approximate surface area is 162 Å². The second kappa shape index (κ2) is 8.31. The van der Waals surface area contributed by atoms with Gasteiger partial charge in [-0.25, -0.2) is 0 Å². The Morgan fingerprint density at radius 2 is 1.96 bits per heavy atom. The van der Waals surface area contributed by atoms with Crippen molar-refractivity contribution in [2.24, 2.45) is 5.92 Å². The molecule has 0 aliphatic carbocycles. The van der Waals surface area contributed by atoms with Crippen molar-refractivity contribution in [3.8, 4) is 0 Å². The van der Waals surface area contributed by atoms with E-state index in [9.17, 15) is 19.5 Å². The van der Waals surface area contributed by atoms with Crippen LogP contribution in [0.4, 0.5) is 0 Å². The van der Waals surface area contributed by atoms with Crippen LogP contribution in [0, 0.1) is 5.92 Å². The average Bonchev–Trinajstić information content (AvgIpc) is 2.79. The maximum absolute atomic E-state index is 13.1. The predicted molar refractivity (Wildman–Crippen MR) is 97.1 cm³/mol. The second-order valence-corrected chi connectivity index (χ2v) is 6.49. The molecule has 26 heavy (non-hydrogen) atoms. The number of rotatable bonds is 5. The third kappa shape index (κ3) is 4.40. The van der Waals surface area contributed by atoms with Crippen molar-refractivity contribution in [3.05, 3.63) is 35.3 Å². The van der Waals surface area contributed by atoms with Crippen LogP contribution >= 0.6 is 0 Å². The SMILES string of the molecule is [2H]c1c([2H])c([2H])c2c(c1[2H])CC([2H])([2H])N(C)C(=O)[C@H]2NC(=O)[C@H](C)NC(=O)[C@@H](O)C(C)C. The van der Waals surface area contributed by atoms with Crippen LogP contribution in [0.2, 0.25) is 0 Å². The number of benzene rings is 1. The van der Waals surface area contributed by atoms with Crippen LogP contribution in [-0.4, -0.2) is 53.4 Å². The Balaban J connectivity index is 2.48. The lowest BCUT2D eigenvalue weighted by Crippen LogP contribution is -2.51. The van der Waals surface area contributed by atoms with Gasteiger partial charge in [-0.05, 0) is 30.4 Å². The fraction of sp³-hybridized carbons (Fsp3) is 0.526. The minimum atomic E-state index is -2.27. The molecule has 0 bridgehead atoms. The molecule has 1 aliphatic heterocycles. The van der Waals surface area contributed by atoms with Crippen molar-refractivity contribution in [1.29, 1.82) is 0 Å². The van der Waals surface area contributed by atoms with E-state index in [0.29, 0.717) is 0 Å². The highest BCUT2D eigenvalue weighted by Crippen LogP contribution is 2.24. The van der Waals surface area contributed by atoms with Gasteiger partial charge in [0.2, 0.25) is 17.7 Å². The Hall–Kier alpha value is -2.41. The molecule has 142 valence electrons. The number of nitrogens with zero attached hydrogens (tertiary/aromatic N) is 1. The van der Waals surface area contributed by atoms with Gasteiger partial charge in [0.05, 0.1) is 5.48 Å². The highest BCUT2D eigenvalue weighted by Gasteiger charge is 2.32. The number of carbonyl (C=O) groups excluding carboxylic acids is 3. The topological polar surface area (TPSA) is 98.7 Å². The first kappa shape index (κ1) is 12.9. The van der Waals surface area contributed by atoms with E-state index in [1.54, 1.807) is 13.8 Å². The van der Waals surface area contributed by atoms with Crippen molar-refractivity contribution in [1.82, 2.24) is 15.5 Å². The van der Waals surface area contributed by atoms with Gasteiger partial charge in [0.1, 0.15) is 18.2 Å². The Kier molecular flexibility index (Phi) is 4.11. The summed E-state index contributed by atoms with van der Waals surface area (Å²) in [6.45, 7) is 2.29. The number of fused-ring (bicyclic) bond motifs is 1. The van der Waals surface area contributed by atoms with E-state index in [0.717, 1.165) is 4.90 Å². The molecule has 1 aliphatic rings. The van der Waals surface area contributed by atoms with Crippen LogP contribution in [0.1, 0.15) is 46.2 Å². The van der Waals surface area contributed by atoms with Crippen LogP contribution in [-0.2, 0) is 20.8 Å². The fourth-order valence-corrected chi connectivity index (χ4v) is 2.39. The fourth-order valence-electron chi connectivity index (χ4n) is 2.39. The van der Waals surface area contributed by atoms with Gasteiger partial charge in [0, 0.05) is 16.3 Å². The predicted octanol–water partition coefficient (Wildman–Crippen LogP) is 0.380. The number of aliphatic hydroxyl groups is 1. The molecular weight excluding hydrogens is 334 g/mol. The number of aliphatic hydroxyl groups excluding tert-OH is 1. The molecule has 1 aromatic rings. The quantitative estimate of drug-likeness (QED) is 0.701. The minimum absolute atomic E-state index is 0.115. The van der Waals surface area contributed by atoms with Gasteiger partial charge in [-0.1, -0.05) is 38.0 Å². The first-order valence-electron chi connectivity index (χ1n) is 11.3. The Morgan fingerprint density at radius 1 is 1.31 bits per heavy atom. The van der Waals surface area contributed by atoms with Gasteiger partial charge in [-0.3, -0.25) is 14.4 Å². The average molecular weight is 367 g/mol. The molecule has 7 nitrogen and oxygen atoms in total.